The van der Waals surface area contributed by atoms with Crippen LogP contribution in [-0.4, -0.2) is 19.4 Å². The van der Waals surface area contributed by atoms with Crippen LogP contribution in [0.3, 0.4) is 0 Å². The maximum atomic E-state index is 13.7. The molecule has 0 radical (unpaired) electrons. The van der Waals surface area contributed by atoms with Gasteiger partial charge >= 0.3 is 0 Å². The van der Waals surface area contributed by atoms with Crippen molar-refractivity contribution in [3.63, 3.8) is 0 Å². The number of hydrogen-bond acceptors (Lipinski definition) is 2. The summed E-state index contributed by atoms with van der Waals surface area (Å²) in [5.41, 5.74) is 2.08. The van der Waals surface area contributed by atoms with E-state index in [1.807, 2.05) is 31.2 Å². The lowest BCUT2D eigenvalue weighted by atomic mass is 10.0. The van der Waals surface area contributed by atoms with Gasteiger partial charge in [-0.15, -0.1) is 0 Å². The molecule has 130 valence electrons. The summed E-state index contributed by atoms with van der Waals surface area (Å²) < 4.78 is 25.4. The van der Waals surface area contributed by atoms with Crippen molar-refractivity contribution in [1.82, 2.24) is 0 Å². The summed E-state index contributed by atoms with van der Waals surface area (Å²) in [6.07, 6.45) is 6.01. The van der Waals surface area contributed by atoms with E-state index in [9.17, 15) is 4.39 Å². The normalized spacial score (nSPS) is 22.9. The first-order chi connectivity index (χ1) is 11.2. The second-order valence-corrected chi connectivity index (χ2v) is 6.69. The van der Waals surface area contributed by atoms with E-state index in [2.05, 4.69) is 6.92 Å². The Labute approximate surface area is 140 Å². The summed E-state index contributed by atoms with van der Waals surface area (Å²) >= 11 is 0. The summed E-state index contributed by atoms with van der Waals surface area (Å²) in [5.74, 6) is 0.526. The van der Waals surface area contributed by atoms with Gasteiger partial charge in [0.1, 0.15) is 6.17 Å². The van der Waals surface area contributed by atoms with Gasteiger partial charge in [-0.1, -0.05) is 63.8 Å². The van der Waals surface area contributed by atoms with Crippen molar-refractivity contribution >= 4 is 0 Å². The van der Waals surface area contributed by atoms with E-state index in [4.69, 9.17) is 9.47 Å². The van der Waals surface area contributed by atoms with Crippen molar-refractivity contribution < 1.29 is 13.9 Å². The molecule has 0 spiro atoms. The minimum atomic E-state index is -0.739. The molecule has 3 heteroatoms. The number of rotatable bonds is 9. The minimum Gasteiger partial charge on any atom is -0.348 e. The third kappa shape index (κ3) is 6.23. The molecule has 1 saturated heterocycles. The Morgan fingerprint density at radius 3 is 2.35 bits per heavy atom. The maximum Gasteiger partial charge on any atom is 0.183 e. The second kappa shape index (κ2) is 10.0. The van der Waals surface area contributed by atoms with E-state index in [1.54, 1.807) is 0 Å². The second-order valence-electron chi connectivity index (χ2n) is 6.69. The lowest BCUT2D eigenvalue weighted by Gasteiger charge is -2.29. The van der Waals surface area contributed by atoms with Crippen LogP contribution in [0, 0.1) is 5.92 Å². The minimum absolute atomic E-state index is 0.261. The monoisotopic (exact) mass is 322 g/mol. The molecule has 0 amide bonds. The van der Waals surface area contributed by atoms with Crippen LogP contribution in [0.4, 0.5) is 4.39 Å². The molecule has 2 nitrogen and oxygen atoms in total. The summed E-state index contributed by atoms with van der Waals surface area (Å²) in [5, 5.41) is 0. The zero-order valence-corrected chi connectivity index (χ0v) is 14.6. The van der Waals surface area contributed by atoms with Gasteiger partial charge in [0, 0.05) is 17.9 Å². The fraction of sp³-hybridized carbons (Fsp3) is 0.700. The van der Waals surface area contributed by atoms with Crippen LogP contribution in [-0.2, 0) is 15.9 Å². The van der Waals surface area contributed by atoms with Crippen LogP contribution in [0.5, 0.6) is 0 Å². The molecule has 1 aromatic carbocycles. The molecule has 1 unspecified atom stereocenters. The summed E-state index contributed by atoms with van der Waals surface area (Å²) in [4.78, 5) is 0. The van der Waals surface area contributed by atoms with Crippen LogP contribution >= 0.6 is 0 Å². The van der Waals surface area contributed by atoms with Crippen LogP contribution in [0.25, 0.3) is 0 Å². The SMILES string of the molecule is CCCCCC1COC(c2ccc(CC(F)CCC)cc2)OC1. The molecule has 23 heavy (non-hydrogen) atoms. The first kappa shape index (κ1) is 18.4. The third-order valence-electron chi connectivity index (χ3n) is 4.49. The highest BCUT2D eigenvalue weighted by Crippen LogP contribution is 2.27. The van der Waals surface area contributed by atoms with E-state index in [-0.39, 0.29) is 6.29 Å². The van der Waals surface area contributed by atoms with Gasteiger partial charge in [0.2, 0.25) is 0 Å². The summed E-state index contributed by atoms with van der Waals surface area (Å²) in [7, 11) is 0. The van der Waals surface area contributed by atoms with Crippen LogP contribution < -0.4 is 0 Å². The first-order valence-electron chi connectivity index (χ1n) is 9.19. The van der Waals surface area contributed by atoms with Crippen molar-refractivity contribution in [2.45, 2.75) is 71.3 Å². The van der Waals surface area contributed by atoms with Crippen LogP contribution in [0.15, 0.2) is 24.3 Å². The van der Waals surface area contributed by atoms with Crippen LogP contribution in [0.2, 0.25) is 0 Å². The average molecular weight is 322 g/mol. The van der Waals surface area contributed by atoms with Gasteiger partial charge in [-0.3, -0.25) is 0 Å². The predicted octanol–water partition coefficient (Wildman–Crippen LogP) is 5.61. The van der Waals surface area contributed by atoms with E-state index in [1.165, 1.54) is 25.7 Å². The zero-order valence-electron chi connectivity index (χ0n) is 14.6. The average Bonchev–Trinajstić information content (AvgIpc) is 2.57. The molecule has 1 aliphatic rings. The van der Waals surface area contributed by atoms with Crippen molar-refractivity contribution in [2.24, 2.45) is 5.92 Å². The molecule has 1 heterocycles. The molecule has 0 aliphatic carbocycles. The van der Waals surface area contributed by atoms with E-state index < -0.39 is 6.17 Å². The highest BCUT2D eigenvalue weighted by atomic mass is 19.1. The molecular weight excluding hydrogens is 291 g/mol. The van der Waals surface area contributed by atoms with Gasteiger partial charge in [0.15, 0.2) is 6.29 Å². The Balaban J connectivity index is 1.77. The fourth-order valence-corrected chi connectivity index (χ4v) is 3.07. The Bertz CT molecular complexity index is 424. The van der Waals surface area contributed by atoms with Gasteiger partial charge < -0.3 is 9.47 Å². The number of unbranched alkanes of at least 4 members (excludes halogenated alkanes) is 2. The third-order valence-corrected chi connectivity index (χ3v) is 4.49. The molecule has 1 fully saturated rings. The Morgan fingerprint density at radius 1 is 1.04 bits per heavy atom. The zero-order chi connectivity index (χ0) is 16.5. The number of benzene rings is 1. The molecule has 1 atom stereocenters. The summed E-state index contributed by atoms with van der Waals surface area (Å²) in [6.45, 7) is 5.79. The van der Waals surface area contributed by atoms with Crippen molar-refractivity contribution in [3.8, 4) is 0 Å². The fourth-order valence-electron chi connectivity index (χ4n) is 3.07. The number of halogens is 1. The van der Waals surface area contributed by atoms with E-state index in [0.29, 0.717) is 18.8 Å². The van der Waals surface area contributed by atoms with E-state index >= 15 is 0 Å². The van der Waals surface area contributed by atoms with Crippen LogP contribution in [0.1, 0.15) is 69.8 Å². The lowest BCUT2D eigenvalue weighted by Crippen LogP contribution is -2.27. The Morgan fingerprint density at radius 2 is 1.74 bits per heavy atom. The van der Waals surface area contributed by atoms with Crippen molar-refractivity contribution in [2.75, 3.05) is 13.2 Å². The quantitative estimate of drug-likeness (QED) is 0.550. The van der Waals surface area contributed by atoms with Crippen molar-refractivity contribution in [1.29, 1.82) is 0 Å². The molecule has 0 N–H and O–H groups in total. The van der Waals surface area contributed by atoms with Gasteiger partial charge in [-0.05, 0) is 18.4 Å². The number of ether oxygens (including phenoxy) is 2. The topological polar surface area (TPSA) is 18.5 Å². The maximum absolute atomic E-state index is 13.7. The molecule has 0 aromatic heterocycles. The molecule has 2 rings (SSSR count). The standard InChI is InChI=1S/C20H31FO2/c1-3-5-6-8-17-14-22-20(23-15-17)18-11-9-16(10-12-18)13-19(21)7-4-2/h9-12,17,19-20H,3-8,13-15H2,1-2H3. The Hall–Kier alpha value is -0.930. The van der Waals surface area contributed by atoms with Gasteiger partial charge in [-0.2, -0.15) is 0 Å². The highest BCUT2D eigenvalue weighted by Gasteiger charge is 2.23. The predicted molar refractivity (Wildman–Crippen MR) is 92.2 cm³/mol. The van der Waals surface area contributed by atoms with Crippen molar-refractivity contribution in [3.05, 3.63) is 35.4 Å². The van der Waals surface area contributed by atoms with Gasteiger partial charge in [0.25, 0.3) is 0 Å². The molecular formula is C20H31FO2. The first-order valence-corrected chi connectivity index (χ1v) is 9.19. The molecule has 0 bridgehead atoms. The van der Waals surface area contributed by atoms with Gasteiger partial charge in [-0.25, -0.2) is 4.39 Å². The number of alkyl halides is 1. The van der Waals surface area contributed by atoms with Gasteiger partial charge in [0.05, 0.1) is 13.2 Å². The molecule has 1 aliphatic heterocycles. The number of hydrogen-bond donors (Lipinski definition) is 0. The largest absolute Gasteiger partial charge is 0.348 e. The smallest absolute Gasteiger partial charge is 0.183 e. The molecule has 1 aromatic rings. The lowest BCUT2D eigenvalue weighted by molar-refractivity contribution is -0.206. The molecule has 0 saturated carbocycles. The highest BCUT2D eigenvalue weighted by molar-refractivity contribution is 5.24. The van der Waals surface area contributed by atoms with E-state index in [0.717, 1.165) is 30.8 Å². The Kier molecular flexibility index (Phi) is 8.04. The summed E-state index contributed by atoms with van der Waals surface area (Å²) in [6, 6.07) is 8.02.